The summed E-state index contributed by atoms with van der Waals surface area (Å²) in [5.41, 5.74) is 5.93. The fourth-order valence-corrected chi connectivity index (χ4v) is 2.61. The van der Waals surface area contributed by atoms with E-state index in [0.717, 1.165) is 0 Å². The topological polar surface area (TPSA) is 87.3 Å². The second kappa shape index (κ2) is 6.07. The van der Waals surface area contributed by atoms with Crippen molar-refractivity contribution < 1.29 is 13.2 Å². The van der Waals surface area contributed by atoms with E-state index in [2.05, 4.69) is 15.6 Å². The van der Waals surface area contributed by atoms with Gasteiger partial charge in [-0.25, -0.2) is 8.42 Å². The summed E-state index contributed by atoms with van der Waals surface area (Å²) in [5, 5.41) is 0. The van der Waals surface area contributed by atoms with Crippen molar-refractivity contribution in [2.75, 3.05) is 10.1 Å². The third kappa shape index (κ3) is 3.48. The Hall–Kier alpha value is -2.54. The third-order valence-corrected chi connectivity index (χ3v) is 3.86. The Labute approximate surface area is 116 Å². The molecule has 3 N–H and O–H groups in total. The first-order valence-electron chi connectivity index (χ1n) is 5.75. The first kappa shape index (κ1) is 13.9. The predicted molar refractivity (Wildman–Crippen MR) is 76.5 cm³/mol. The van der Waals surface area contributed by atoms with Crippen LogP contribution < -0.4 is 15.6 Å². The van der Waals surface area contributed by atoms with E-state index in [1.54, 1.807) is 42.5 Å². The molecule has 20 heavy (non-hydrogen) atoms. The minimum Gasteiger partial charge on any atom is -0.299 e. The lowest BCUT2D eigenvalue weighted by Crippen LogP contribution is -2.19. The maximum Gasteiger partial charge on any atom is 0.261 e. The lowest BCUT2D eigenvalue weighted by molar-refractivity contribution is -0.109. The quantitative estimate of drug-likeness (QED) is 0.557. The van der Waals surface area contributed by atoms with Crippen LogP contribution in [0.15, 0.2) is 59.5 Å². The van der Waals surface area contributed by atoms with Crippen LogP contribution in [0.5, 0.6) is 0 Å². The van der Waals surface area contributed by atoms with Crippen molar-refractivity contribution in [2.45, 2.75) is 4.90 Å². The van der Waals surface area contributed by atoms with Crippen molar-refractivity contribution in [1.29, 1.82) is 0 Å². The molecule has 6 nitrogen and oxygen atoms in total. The molecule has 7 heteroatoms. The molecule has 0 saturated carbocycles. The van der Waals surface area contributed by atoms with Crippen molar-refractivity contribution in [3.63, 3.8) is 0 Å². The standard InChI is InChI=1S/C13H13N3O3S/c17-10-14-15-11-6-8-13(9-7-11)20(18,19)16-12-4-2-1-3-5-12/h1-10,15-16H,(H,14,17). The zero-order valence-electron chi connectivity index (χ0n) is 10.4. The molecular weight excluding hydrogens is 278 g/mol. The summed E-state index contributed by atoms with van der Waals surface area (Å²) in [7, 11) is -3.62. The van der Waals surface area contributed by atoms with Crippen LogP contribution in [0.4, 0.5) is 11.4 Å². The molecule has 0 heterocycles. The Kier molecular flexibility index (Phi) is 4.21. The van der Waals surface area contributed by atoms with Gasteiger partial charge in [-0.1, -0.05) is 18.2 Å². The van der Waals surface area contributed by atoms with Crippen molar-refractivity contribution in [3.8, 4) is 0 Å². The van der Waals surface area contributed by atoms with Crippen LogP contribution in [0.2, 0.25) is 0 Å². The van der Waals surface area contributed by atoms with Crippen LogP contribution in [-0.2, 0) is 14.8 Å². The fourth-order valence-electron chi connectivity index (χ4n) is 1.55. The summed E-state index contributed by atoms with van der Waals surface area (Å²) in [6, 6.07) is 14.6. The van der Waals surface area contributed by atoms with Crippen LogP contribution in [0.1, 0.15) is 0 Å². The van der Waals surface area contributed by atoms with Crippen molar-refractivity contribution in [3.05, 3.63) is 54.6 Å². The normalized spacial score (nSPS) is 10.6. The number of hydrogen-bond donors (Lipinski definition) is 3. The number of carbonyl (C=O) groups is 1. The van der Waals surface area contributed by atoms with Gasteiger partial charge in [0.1, 0.15) is 0 Å². The van der Waals surface area contributed by atoms with Gasteiger partial charge in [0.25, 0.3) is 10.0 Å². The van der Waals surface area contributed by atoms with E-state index in [-0.39, 0.29) is 4.90 Å². The van der Waals surface area contributed by atoms with E-state index >= 15 is 0 Å². The van der Waals surface area contributed by atoms with Crippen molar-refractivity contribution >= 4 is 27.8 Å². The molecular formula is C13H13N3O3S. The molecule has 0 aliphatic rings. The van der Waals surface area contributed by atoms with Crippen LogP contribution >= 0.6 is 0 Å². The maximum atomic E-state index is 12.1. The lowest BCUT2D eigenvalue weighted by atomic mass is 10.3. The van der Waals surface area contributed by atoms with E-state index in [1.165, 1.54) is 12.1 Å². The number of carbonyl (C=O) groups excluding carboxylic acids is 1. The smallest absolute Gasteiger partial charge is 0.261 e. The Morgan fingerprint density at radius 1 is 0.850 bits per heavy atom. The first-order chi connectivity index (χ1) is 9.62. The zero-order valence-corrected chi connectivity index (χ0v) is 11.2. The number of para-hydroxylation sites is 1. The van der Waals surface area contributed by atoms with Gasteiger partial charge in [0, 0.05) is 5.69 Å². The van der Waals surface area contributed by atoms with E-state index < -0.39 is 10.0 Å². The van der Waals surface area contributed by atoms with Crippen LogP contribution in [0, 0.1) is 0 Å². The second-order valence-corrected chi connectivity index (χ2v) is 5.57. The van der Waals surface area contributed by atoms with Gasteiger partial charge >= 0.3 is 0 Å². The number of benzene rings is 2. The number of rotatable bonds is 6. The molecule has 0 fully saturated rings. The minimum absolute atomic E-state index is 0.137. The number of amides is 1. The molecule has 1 amide bonds. The Balaban J connectivity index is 2.15. The molecule has 0 aliphatic carbocycles. The highest BCUT2D eigenvalue weighted by Gasteiger charge is 2.13. The van der Waals surface area contributed by atoms with Gasteiger partial charge in [-0.15, -0.1) is 0 Å². The summed E-state index contributed by atoms with van der Waals surface area (Å²) >= 11 is 0. The van der Waals surface area contributed by atoms with Gasteiger partial charge in [0.05, 0.1) is 10.6 Å². The average Bonchev–Trinajstić information content (AvgIpc) is 2.46. The monoisotopic (exact) mass is 291 g/mol. The molecule has 104 valence electrons. The van der Waals surface area contributed by atoms with E-state index in [1.807, 2.05) is 0 Å². The maximum absolute atomic E-state index is 12.1. The van der Waals surface area contributed by atoms with Crippen molar-refractivity contribution in [2.24, 2.45) is 0 Å². The molecule has 0 unspecified atom stereocenters. The van der Waals surface area contributed by atoms with Gasteiger partial charge in [-0.2, -0.15) is 0 Å². The first-order valence-corrected chi connectivity index (χ1v) is 7.23. The highest BCUT2D eigenvalue weighted by atomic mass is 32.2. The summed E-state index contributed by atoms with van der Waals surface area (Å²) in [6.45, 7) is 0. The molecule has 0 aliphatic heterocycles. The molecule has 0 spiro atoms. The van der Waals surface area contributed by atoms with Gasteiger partial charge in [0.2, 0.25) is 6.41 Å². The van der Waals surface area contributed by atoms with Gasteiger partial charge in [0.15, 0.2) is 0 Å². The molecule has 0 radical (unpaired) electrons. The third-order valence-electron chi connectivity index (χ3n) is 2.47. The number of sulfonamides is 1. The summed E-state index contributed by atoms with van der Waals surface area (Å²) in [6.07, 6.45) is 0.488. The lowest BCUT2D eigenvalue weighted by Gasteiger charge is -2.09. The molecule has 0 atom stereocenters. The molecule has 2 aromatic carbocycles. The average molecular weight is 291 g/mol. The molecule has 0 bridgehead atoms. The van der Waals surface area contributed by atoms with Crippen molar-refractivity contribution in [1.82, 2.24) is 5.43 Å². The summed E-state index contributed by atoms with van der Waals surface area (Å²) < 4.78 is 26.7. The Morgan fingerprint density at radius 3 is 2.10 bits per heavy atom. The highest BCUT2D eigenvalue weighted by Crippen LogP contribution is 2.17. The largest absolute Gasteiger partial charge is 0.299 e. The van der Waals surface area contributed by atoms with Gasteiger partial charge in [-0.05, 0) is 36.4 Å². The molecule has 2 aromatic rings. The van der Waals surface area contributed by atoms with Gasteiger partial charge < -0.3 is 0 Å². The van der Waals surface area contributed by atoms with E-state index in [0.29, 0.717) is 17.8 Å². The Morgan fingerprint density at radius 2 is 1.50 bits per heavy atom. The molecule has 0 aromatic heterocycles. The SMILES string of the molecule is O=CNNc1ccc(S(=O)(=O)Nc2ccccc2)cc1. The Bertz CT molecular complexity index is 670. The van der Waals surface area contributed by atoms with E-state index in [4.69, 9.17) is 0 Å². The second-order valence-electron chi connectivity index (χ2n) is 3.88. The summed E-state index contributed by atoms with van der Waals surface area (Å²) in [4.78, 5) is 10.3. The highest BCUT2D eigenvalue weighted by molar-refractivity contribution is 7.92. The number of anilines is 2. The minimum atomic E-state index is -3.62. The summed E-state index contributed by atoms with van der Waals surface area (Å²) in [5.74, 6) is 0. The predicted octanol–water partition coefficient (Wildman–Crippen LogP) is 1.56. The van der Waals surface area contributed by atoms with Gasteiger partial charge in [-0.3, -0.25) is 20.4 Å². The molecule has 2 rings (SSSR count). The number of hydrogen-bond acceptors (Lipinski definition) is 4. The zero-order chi connectivity index (χ0) is 14.4. The van der Waals surface area contributed by atoms with Crippen LogP contribution in [-0.4, -0.2) is 14.8 Å². The number of hydrazine groups is 1. The van der Waals surface area contributed by atoms with Crippen LogP contribution in [0.25, 0.3) is 0 Å². The number of nitrogens with one attached hydrogen (secondary N) is 3. The van der Waals surface area contributed by atoms with E-state index in [9.17, 15) is 13.2 Å². The van der Waals surface area contributed by atoms with Crippen LogP contribution in [0.3, 0.4) is 0 Å². The molecule has 0 saturated heterocycles. The fraction of sp³-hybridized carbons (Fsp3) is 0.